The van der Waals surface area contributed by atoms with Gasteiger partial charge in [-0.1, -0.05) is 42.5 Å². The zero-order chi connectivity index (χ0) is 11.9. The lowest BCUT2D eigenvalue weighted by Gasteiger charge is -2.34. The van der Waals surface area contributed by atoms with E-state index in [0.717, 1.165) is 13.1 Å². The van der Waals surface area contributed by atoms with Crippen molar-refractivity contribution < 1.29 is 0 Å². The Balaban J connectivity index is 1.76. The number of rotatable bonds is 4. The molecule has 1 aromatic rings. The highest BCUT2D eigenvalue weighted by molar-refractivity contribution is 5.14. The molecular weight excluding hydrogens is 208 g/mol. The molecular formula is C15H22N2. The van der Waals surface area contributed by atoms with E-state index >= 15 is 0 Å². The van der Waals surface area contributed by atoms with E-state index in [1.807, 2.05) is 0 Å². The lowest BCUT2D eigenvalue weighted by molar-refractivity contribution is 0.137. The van der Waals surface area contributed by atoms with Crippen molar-refractivity contribution in [2.45, 2.75) is 13.5 Å². The summed E-state index contributed by atoms with van der Waals surface area (Å²) in [5.74, 6) is 0. The van der Waals surface area contributed by atoms with Crippen LogP contribution in [0.3, 0.4) is 0 Å². The Labute approximate surface area is 105 Å². The minimum Gasteiger partial charge on any atom is -0.297 e. The summed E-state index contributed by atoms with van der Waals surface area (Å²) in [6, 6.07) is 10.8. The first kappa shape index (κ1) is 12.3. The van der Waals surface area contributed by atoms with Crippen LogP contribution in [0, 0.1) is 0 Å². The van der Waals surface area contributed by atoms with Crippen LogP contribution in [-0.2, 0) is 6.54 Å². The van der Waals surface area contributed by atoms with Crippen LogP contribution >= 0.6 is 0 Å². The van der Waals surface area contributed by atoms with Gasteiger partial charge < -0.3 is 0 Å². The Hall–Kier alpha value is -1.12. The minimum absolute atomic E-state index is 1.10. The topological polar surface area (TPSA) is 6.48 Å². The average molecular weight is 230 g/mol. The van der Waals surface area contributed by atoms with Crippen LogP contribution in [0.4, 0.5) is 0 Å². The van der Waals surface area contributed by atoms with Crippen molar-refractivity contribution in [3.8, 4) is 0 Å². The molecule has 1 aromatic carbocycles. The highest BCUT2D eigenvalue weighted by atomic mass is 15.3. The fraction of sp³-hybridized carbons (Fsp3) is 0.467. The Morgan fingerprint density at radius 1 is 1.00 bits per heavy atom. The molecule has 0 unspecified atom stereocenters. The lowest BCUT2D eigenvalue weighted by atomic mass is 10.2. The lowest BCUT2D eigenvalue weighted by Crippen LogP contribution is -2.45. The van der Waals surface area contributed by atoms with E-state index in [0.29, 0.717) is 0 Å². The summed E-state index contributed by atoms with van der Waals surface area (Å²) in [4.78, 5) is 5.06. The van der Waals surface area contributed by atoms with Gasteiger partial charge in [-0.05, 0) is 12.5 Å². The second kappa shape index (κ2) is 6.58. The maximum Gasteiger partial charge on any atom is 0.0234 e. The van der Waals surface area contributed by atoms with Gasteiger partial charge in [0.25, 0.3) is 0 Å². The van der Waals surface area contributed by atoms with Crippen molar-refractivity contribution in [2.75, 3.05) is 32.7 Å². The molecule has 1 heterocycles. The summed E-state index contributed by atoms with van der Waals surface area (Å²) in [6.45, 7) is 9.05. The first-order valence-electron chi connectivity index (χ1n) is 6.48. The average Bonchev–Trinajstić information content (AvgIpc) is 2.39. The van der Waals surface area contributed by atoms with Gasteiger partial charge in [-0.2, -0.15) is 0 Å². The molecule has 0 radical (unpaired) electrons. The molecule has 1 aliphatic rings. The van der Waals surface area contributed by atoms with E-state index in [1.54, 1.807) is 0 Å². The van der Waals surface area contributed by atoms with Gasteiger partial charge in [-0.25, -0.2) is 0 Å². The second-order valence-corrected chi connectivity index (χ2v) is 4.63. The normalized spacial score (nSPS) is 18.9. The first-order chi connectivity index (χ1) is 8.38. The fourth-order valence-electron chi connectivity index (χ4n) is 2.23. The van der Waals surface area contributed by atoms with Gasteiger partial charge in [0.15, 0.2) is 0 Å². The third kappa shape index (κ3) is 3.99. The Bertz CT molecular complexity index is 337. The largest absolute Gasteiger partial charge is 0.297 e. The van der Waals surface area contributed by atoms with Crippen molar-refractivity contribution >= 4 is 0 Å². The second-order valence-electron chi connectivity index (χ2n) is 4.63. The van der Waals surface area contributed by atoms with E-state index < -0.39 is 0 Å². The van der Waals surface area contributed by atoms with Crippen LogP contribution in [0.2, 0.25) is 0 Å². The minimum atomic E-state index is 1.10. The van der Waals surface area contributed by atoms with E-state index in [1.165, 1.54) is 31.7 Å². The molecule has 2 heteroatoms. The van der Waals surface area contributed by atoms with Crippen LogP contribution in [-0.4, -0.2) is 42.5 Å². The molecule has 0 aromatic heterocycles. The summed E-state index contributed by atoms with van der Waals surface area (Å²) in [5.41, 5.74) is 1.43. The van der Waals surface area contributed by atoms with Gasteiger partial charge in [0.2, 0.25) is 0 Å². The molecule has 0 amide bonds. The van der Waals surface area contributed by atoms with E-state index in [-0.39, 0.29) is 0 Å². The maximum absolute atomic E-state index is 2.54. The molecule has 92 valence electrons. The predicted molar refractivity (Wildman–Crippen MR) is 73.0 cm³/mol. The van der Waals surface area contributed by atoms with Crippen molar-refractivity contribution in [1.29, 1.82) is 0 Å². The summed E-state index contributed by atoms with van der Waals surface area (Å²) in [7, 11) is 0. The molecule has 1 aliphatic heterocycles. The third-order valence-electron chi connectivity index (χ3n) is 3.31. The predicted octanol–water partition coefficient (Wildman–Crippen LogP) is 2.38. The van der Waals surface area contributed by atoms with Crippen LogP contribution in [0.15, 0.2) is 42.5 Å². The van der Waals surface area contributed by atoms with E-state index in [4.69, 9.17) is 0 Å². The quantitative estimate of drug-likeness (QED) is 0.733. The SMILES string of the molecule is C/C=C\CN1CCN(Cc2ccccc2)CC1. The summed E-state index contributed by atoms with van der Waals surface area (Å²) >= 11 is 0. The van der Waals surface area contributed by atoms with E-state index in [9.17, 15) is 0 Å². The Kier molecular flexibility index (Phi) is 4.77. The molecule has 2 rings (SSSR count). The monoisotopic (exact) mass is 230 g/mol. The zero-order valence-corrected chi connectivity index (χ0v) is 10.7. The van der Waals surface area contributed by atoms with Crippen LogP contribution in [0.5, 0.6) is 0 Å². The van der Waals surface area contributed by atoms with Gasteiger partial charge in [-0.15, -0.1) is 0 Å². The summed E-state index contributed by atoms with van der Waals surface area (Å²) in [5, 5.41) is 0. The third-order valence-corrected chi connectivity index (χ3v) is 3.31. The number of hydrogen-bond acceptors (Lipinski definition) is 2. The summed E-state index contributed by atoms with van der Waals surface area (Å²) < 4.78 is 0. The molecule has 0 spiro atoms. The molecule has 0 aliphatic carbocycles. The maximum atomic E-state index is 2.54. The molecule has 0 N–H and O–H groups in total. The molecule has 0 atom stereocenters. The molecule has 2 nitrogen and oxygen atoms in total. The molecule has 1 saturated heterocycles. The number of piperazine rings is 1. The van der Waals surface area contributed by atoms with Gasteiger partial charge >= 0.3 is 0 Å². The highest BCUT2D eigenvalue weighted by Gasteiger charge is 2.15. The van der Waals surface area contributed by atoms with Gasteiger partial charge in [0.1, 0.15) is 0 Å². The van der Waals surface area contributed by atoms with Crippen LogP contribution < -0.4 is 0 Å². The van der Waals surface area contributed by atoms with Crippen LogP contribution in [0.1, 0.15) is 12.5 Å². The van der Waals surface area contributed by atoms with Gasteiger partial charge in [0.05, 0.1) is 0 Å². The van der Waals surface area contributed by atoms with Crippen LogP contribution in [0.25, 0.3) is 0 Å². The first-order valence-corrected chi connectivity index (χ1v) is 6.48. The van der Waals surface area contributed by atoms with Crippen molar-refractivity contribution in [1.82, 2.24) is 9.80 Å². The molecule has 1 fully saturated rings. The molecule has 0 saturated carbocycles. The van der Waals surface area contributed by atoms with E-state index in [2.05, 4.69) is 59.2 Å². The fourth-order valence-corrected chi connectivity index (χ4v) is 2.23. The van der Waals surface area contributed by atoms with Crippen molar-refractivity contribution in [3.05, 3.63) is 48.0 Å². The number of benzene rings is 1. The number of allylic oxidation sites excluding steroid dienone is 1. The Morgan fingerprint density at radius 2 is 1.65 bits per heavy atom. The van der Waals surface area contributed by atoms with Crippen molar-refractivity contribution in [3.63, 3.8) is 0 Å². The van der Waals surface area contributed by atoms with Gasteiger partial charge in [-0.3, -0.25) is 9.80 Å². The zero-order valence-electron chi connectivity index (χ0n) is 10.7. The standard InChI is InChI=1S/C15H22N2/c1-2-3-9-16-10-12-17(13-11-16)14-15-7-5-4-6-8-15/h2-8H,9-14H2,1H3/b3-2-. The van der Waals surface area contributed by atoms with Crippen molar-refractivity contribution in [2.24, 2.45) is 0 Å². The smallest absolute Gasteiger partial charge is 0.0234 e. The summed E-state index contributed by atoms with van der Waals surface area (Å²) in [6.07, 6.45) is 4.38. The molecule has 17 heavy (non-hydrogen) atoms. The number of nitrogens with zero attached hydrogens (tertiary/aromatic N) is 2. The number of hydrogen-bond donors (Lipinski definition) is 0. The molecule has 0 bridgehead atoms. The highest BCUT2D eigenvalue weighted by Crippen LogP contribution is 2.08. The van der Waals surface area contributed by atoms with Gasteiger partial charge in [0, 0.05) is 39.3 Å². The Morgan fingerprint density at radius 3 is 2.29 bits per heavy atom.